The summed E-state index contributed by atoms with van der Waals surface area (Å²) in [5.74, 6) is 0.142. The Bertz CT molecular complexity index is 1590. The van der Waals surface area contributed by atoms with Gasteiger partial charge in [0.15, 0.2) is 5.78 Å². The fourth-order valence-corrected chi connectivity index (χ4v) is 6.59. The predicted molar refractivity (Wildman–Crippen MR) is 186 cm³/mol. The molecule has 2 heterocycles. The first-order valence-electron chi connectivity index (χ1n) is 17.0. The van der Waals surface area contributed by atoms with Gasteiger partial charge in [-0.3, -0.25) is 4.79 Å². The minimum atomic E-state index is 0.142. The monoisotopic (exact) mass is 588 g/mol. The highest BCUT2D eigenvalue weighted by Gasteiger charge is 2.36. The molecular formula is C40H50N3O+. The quantitative estimate of drug-likeness (QED) is 0.101. The highest BCUT2D eigenvalue weighted by Crippen LogP contribution is 2.38. The maximum absolute atomic E-state index is 14.1. The molecule has 0 saturated heterocycles. The fourth-order valence-electron chi connectivity index (χ4n) is 6.59. The summed E-state index contributed by atoms with van der Waals surface area (Å²) in [6.07, 6.45) is 18.3. The molecule has 0 bridgehead atoms. The number of hydrogen-bond donors (Lipinski definition) is 0. The van der Waals surface area contributed by atoms with E-state index in [2.05, 4.69) is 127 Å². The number of rotatable bonds is 15. The molecule has 1 aliphatic carbocycles. The standard InChI is InChI=1S/C40H50N3O/c1-5-9-11-17-27-42-33(25-23-31-19-13-15-21-37(31)42)29-35-39(41(7-3)8-4)36(40(35)44)30-34-26-24-32-20-14-16-22-38(32)43(34)28-18-12-10-6-2/h13-16,19-26,29-30H,5-12,17-18,27-28H2,1-4H3/q+1. The van der Waals surface area contributed by atoms with E-state index in [4.69, 9.17) is 0 Å². The Labute approximate surface area is 265 Å². The van der Waals surface area contributed by atoms with Crippen molar-refractivity contribution >= 4 is 34.5 Å². The fraction of sp³-hybridized carbons (Fsp3) is 0.400. The number of hydrogen-bond acceptors (Lipinski definition) is 3. The summed E-state index contributed by atoms with van der Waals surface area (Å²) < 4.78 is 2.42. The van der Waals surface area contributed by atoms with Gasteiger partial charge < -0.3 is 9.80 Å². The SMILES string of the molecule is CCCCCCN1/C(=C/C2=C(N(CC)CC)C(=C\c3ccc4ccccc4[n+]3CCCCCC)/C2=O)C=Cc2ccccc21. The number of carbonyl (C=O) groups is 1. The lowest BCUT2D eigenvalue weighted by atomic mass is 9.83. The molecular weight excluding hydrogens is 538 g/mol. The molecule has 0 saturated carbocycles. The Morgan fingerprint density at radius 3 is 2.25 bits per heavy atom. The number of unbranched alkanes of at least 4 members (excludes halogenated alkanes) is 6. The van der Waals surface area contributed by atoms with Gasteiger partial charge in [0, 0.05) is 66.6 Å². The summed E-state index contributed by atoms with van der Waals surface area (Å²) in [5, 5.41) is 1.23. The van der Waals surface area contributed by atoms with Gasteiger partial charge in [0.05, 0.1) is 11.3 Å². The van der Waals surface area contributed by atoms with Gasteiger partial charge in [-0.15, -0.1) is 0 Å². The lowest BCUT2D eigenvalue weighted by Gasteiger charge is -2.35. The third-order valence-corrected chi connectivity index (χ3v) is 9.08. The van der Waals surface area contributed by atoms with Crippen molar-refractivity contribution in [2.24, 2.45) is 0 Å². The van der Waals surface area contributed by atoms with Gasteiger partial charge in [0.25, 0.3) is 0 Å². The minimum absolute atomic E-state index is 0.142. The van der Waals surface area contributed by atoms with E-state index in [0.717, 1.165) is 67.3 Å². The second-order valence-corrected chi connectivity index (χ2v) is 12.0. The third-order valence-electron chi connectivity index (χ3n) is 9.08. The van der Waals surface area contributed by atoms with Crippen molar-refractivity contribution in [1.29, 1.82) is 0 Å². The zero-order chi connectivity index (χ0) is 30.9. The highest BCUT2D eigenvalue weighted by atomic mass is 16.1. The highest BCUT2D eigenvalue weighted by molar-refractivity contribution is 6.23. The molecule has 0 atom stereocenters. The molecule has 0 N–H and O–H groups in total. The second-order valence-electron chi connectivity index (χ2n) is 12.0. The van der Waals surface area contributed by atoms with Crippen LogP contribution >= 0.6 is 0 Å². The summed E-state index contributed by atoms with van der Waals surface area (Å²) in [7, 11) is 0. The Morgan fingerprint density at radius 1 is 0.750 bits per heavy atom. The Balaban J connectivity index is 1.56. The van der Waals surface area contributed by atoms with E-state index in [9.17, 15) is 4.79 Å². The molecule has 230 valence electrons. The first-order chi connectivity index (χ1) is 21.6. The van der Waals surface area contributed by atoms with Crippen molar-refractivity contribution in [2.45, 2.75) is 85.6 Å². The van der Waals surface area contributed by atoms with E-state index in [1.807, 2.05) is 0 Å². The molecule has 0 unspecified atom stereocenters. The van der Waals surface area contributed by atoms with Crippen LogP contribution in [-0.2, 0) is 11.3 Å². The number of carbonyl (C=O) groups excluding carboxylic acids is 1. The molecule has 5 rings (SSSR count). The number of allylic oxidation sites excluding steroid dienone is 4. The van der Waals surface area contributed by atoms with Crippen LogP contribution in [0.1, 0.15) is 90.3 Å². The van der Waals surface area contributed by atoms with Gasteiger partial charge in [0.1, 0.15) is 6.54 Å². The van der Waals surface area contributed by atoms with Crippen LogP contribution in [0, 0.1) is 0 Å². The summed E-state index contributed by atoms with van der Waals surface area (Å²) >= 11 is 0. The van der Waals surface area contributed by atoms with Crippen molar-refractivity contribution in [3.8, 4) is 0 Å². The number of benzene rings is 2. The number of ketones is 1. The molecule has 0 radical (unpaired) electrons. The van der Waals surface area contributed by atoms with Crippen LogP contribution < -0.4 is 9.47 Å². The third kappa shape index (κ3) is 6.75. The molecule has 0 spiro atoms. The summed E-state index contributed by atoms with van der Waals surface area (Å²) in [5.41, 5.74) is 8.62. The van der Waals surface area contributed by atoms with Crippen molar-refractivity contribution in [1.82, 2.24) is 4.90 Å². The van der Waals surface area contributed by atoms with Crippen LogP contribution in [0.15, 0.2) is 95.4 Å². The molecule has 44 heavy (non-hydrogen) atoms. The van der Waals surface area contributed by atoms with Crippen LogP contribution in [0.25, 0.3) is 23.1 Å². The van der Waals surface area contributed by atoms with Gasteiger partial charge in [-0.05, 0) is 62.6 Å². The summed E-state index contributed by atoms with van der Waals surface area (Å²) in [4.78, 5) is 18.8. The normalized spacial score (nSPS) is 16.3. The zero-order valence-corrected chi connectivity index (χ0v) is 27.3. The number of pyridine rings is 1. The smallest absolute Gasteiger partial charge is 0.212 e. The largest absolute Gasteiger partial charge is 0.371 e. The van der Waals surface area contributed by atoms with Gasteiger partial charge in [-0.2, -0.15) is 4.57 Å². The van der Waals surface area contributed by atoms with E-state index in [-0.39, 0.29) is 5.78 Å². The number of nitrogens with zero attached hydrogens (tertiary/aromatic N) is 3. The summed E-state index contributed by atoms with van der Waals surface area (Å²) in [6.45, 7) is 12.5. The van der Waals surface area contributed by atoms with Gasteiger partial charge in [-0.25, -0.2) is 0 Å². The summed E-state index contributed by atoms with van der Waals surface area (Å²) in [6, 6.07) is 21.6. The number of fused-ring (bicyclic) bond motifs is 2. The number of anilines is 1. The van der Waals surface area contributed by atoms with E-state index >= 15 is 0 Å². The number of likely N-dealkylation sites (N-methyl/N-ethyl adjacent to an activating group) is 1. The average molecular weight is 589 g/mol. The number of aryl methyl sites for hydroxylation is 1. The Hall–Kier alpha value is -3.92. The average Bonchev–Trinajstić information content (AvgIpc) is 3.06. The van der Waals surface area contributed by atoms with Crippen molar-refractivity contribution in [2.75, 3.05) is 24.5 Å². The van der Waals surface area contributed by atoms with Crippen molar-refractivity contribution in [3.63, 3.8) is 0 Å². The van der Waals surface area contributed by atoms with Crippen molar-refractivity contribution in [3.05, 3.63) is 107 Å². The van der Waals surface area contributed by atoms with Gasteiger partial charge in [0.2, 0.25) is 11.2 Å². The topological polar surface area (TPSA) is 27.4 Å². The number of para-hydroxylation sites is 2. The minimum Gasteiger partial charge on any atom is -0.371 e. The number of aromatic nitrogens is 1. The molecule has 4 nitrogen and oxygen atoms in total. The molecule has 2 aromatic carbocycles. The Kier molecular flexibility index (Phi) is 10.9. The van der Waals surface area contributed by atoms with Crippen molar-refractivity contribution < 1.29 is 9.36 Å². The maximum atomic E-state index is 14.1. The van der Waals surface area contributed by atoms with Gasteiger partial charge >= 0.3 is 0 Å². The molecule has 1 aliphatic heterocycles. The lowest BCUT2D eigenvalue weighted by Crippen LogP contribution is -2.39. The number of Topliss-reactive ketones (excluding diaryl/α,β-unsaturated/α-hetero) is 1. The van der Waals surface area contributed by atoms with Gasteiger partial charge in [-0.1, -0.05) is 82.4 Å². The molecule has 1 aromatic heterocycles. The van der Waals surface area contributed by atoms with E-state index < -0.39 is 0 Å². The zero-order valence-electron chi connectivity index (χ0n) is 27.3. The van der Waals surface area contributed by atoms with E-state index in [1.165, 1.54) is 60.7 Å². The van der Waals surface area contributed by atoms with Crippen LogP contribution in [0.3, 0.4) is 0 Å². The molecule has 4 heteroatoms. The van der Waals surface area contributed by atoms with Crippen LogP contribution in [0.5, 0.6) is 0 Å². The second kappa shape index (κ2) is 15.2. The molecule has 0 fully saturated rings. The molecule has 0 amide bonds. The lowest BCUT2D eigenvalue weighted by molar-refractivity contribution is -0.673. The van der Waals surface area contributed by atoms with E-state index in [1.54, 1.807) is 0 Å². The van der Waals surface area contributed by atoms with Crippen LogP contribution in [-0.4, -0.2) is 30.3 Å². The van der Waals surface area contributed by atoms with Crippen LogP contribution in [0.2, 0.25) is 0 Å². The Morgan fingerprint density at radius 2 is 1.48 bits per heavy atom. The van der Waals surface area contributed by atoms with Crippen LogP contribution in [0.4, 0.5) is 5.69 Å². The molecule has 2 aliphatic rings. The first kappa shape index (κ1) is 31.5. The van der Waals surface area contributed by atoms with E-state index in [0.29, 0.717) is 0 Å². The molecule has 3 aromatic rings. The maximum Gasteiger partial charge on any atom is 0.212 e. The predicted octanol–water partition coefficient (Wildman–Crippen LogP) is 9.27. The first-order valence-corrected chi connectivity index (χ1v) is 17.0.